The number of hydrogen-bond donors (Lipinski definition) is 2. The van der Waals surface area contributed by atoms with Crippen molar-refractivity contribution in [3.63, 3.8) is 0 Å². The number of H-pyrrole nitrogens is 1. The summed E-state index contributed by atoms with van der Waals surface area (Å²) in [6, 6.07) is 11.6. The fraction of sp³-hybridized carbons (Fsp3) is 0.158. The van der Waals surface area contributed by atoms with Crippen molar-refractivity contribution < 1.29 is 19.2 Å². The van der Waals surface area contributed by atoms with Gasteiger partial charge in [-0.1, -0.05) is 29.8 Å². The molecule has 144 valence electrons. The van der Waals surface area contributed by atoms with Crippen molar-refractivity contribution in [2.24, 2.45) is 0 Å². The lowest BCUT2D eigenvalue weighted by molar-refractivity contribution is -0.384. The van der Waals surface area contributed by atoms with Gasteiger partial charge in [0.1, 0.15) is 5.02 Å². The summed E-state index contributed by atoms with van der Waals surface area (Å²) in [4.78, 5) is 37.1. The molecule has 0 saturated carbocycles. The van der Waals surface area contributed by atoms with Gasteiger partial charge in [0.05, 0.1) is 4.92 Å². The van der Waals surface area contributed by atoms with E-state index in [4.69, 9.17) is 16.3 Å². The summed E-state index contributed by atoms with van der Waals surface area (Å²) in [5.41, 5.74) is 1.85. The Labute approximate surface area is 164 Å². The van der Waals surface area contributed by atoms with E-state index in [1.165, 1.54) is 12.1 Å². The highest BCUT2D eigenvalue weighted by Crippen LogP contribution is 2.27. The average Bonchev–Trinajstić information content (AvgIpc) is 3.09. The Morgan fingerprint density at radius 2 is 2.00 bits per heavy atom. The van der Waals surface area contributed by atoms with Crippen molar-refractivity contribution in [2.75, 3.05) is 11.9 Å². The van der Waals surface area contributed by atoms with E-state index in [0.717, 1.165) is 22.5 Å². The third-order valence-corrected chi connectivity index (χ3v) is 4.38. The minimum atomic E-state index is -0.650. The molecule has 28 heavy (non-hydrogen) atoms. The number of benzene rings is 2. The molecule has 0 aliphatic carbocycles. The molecule has 0 spiro atoms. The summed E-state index contributed by atoms with van der Waals surface area (Å²) in [6.45, 7) is -0.483. The highest BCUT2D eigenvalue weighted by Gasteiger charge is 2.15. The number of aryl methyl sites for hydroxylation is 1. The molecule has 0 fully saturated rings. The number of aromatic amines is 1. The number of amides is 1. The second-order valence-electron chi connectivity index (χ2n) is 5.99. The fourth-order valence-electron chi connectivity index (χ4n) is 2.72. The number of nitrogens with zero attached hydrogens (tertiary/aromatic N) is 1. The van der Waals surface area contributed by atoms with Crippen molar-refractivity contribution in [3.05, 3.63) is 69.4 Å². The maximum atomic E-state index is 11.9. The Kier molecular flexibility index (Phi) is 5.90. The van der Waals surface area contributed by atoms with Crippen LogP contribution in [-0.4, -0.2) is 28.4 Å². The number of nitrogens with one attached hydrogen (secondary N) is 2. The van der Waals surface area contributed by atoms with Crippen molar-refractivity contribution in [1.29, 1.82) is 0 Å². The molecule has 2 N–H and O–H groups in total. The minimum Gasteiger partial charge on any atom is -0.456 e. The molecule has 0 atom stereocenters. The van der Waals surface area contributed by atoms with Crippen molar-refractivity contribution in [1.82, 2.24) is 4.98 Å². The Morgan fingerprint density at radius 3 is 2.79 bits per heavy atom. The Morgan fingerprint density at radius 1 is 1.21 bits per heavy atom. The van der Waals surface area contributed by atoms with E-state index in [0.29, 0.717) is 6.42 Å². The number of nitro benzene ring substituents is 1. The lowest BCUT2D eigenvalue weighted by Crippen LogP contribution is -2.21. The predicted molar refractivity (Wildman–Crippen MR) is 104 cm³/mol. The molecule has 0 unspecified atom stereocenters. The van der Waals surface area contributed by atoms with Crippen LogP contribution in [0.3, 0.4) is 0 Å². The highest BCUT2D eigenvalue weighted by molar-refractivity contribution is 6.32. The molecule has 8 nitrogen and oxygen atoms in total. The molecule has 0 bridgehead atoms. The van der Waals surface area contributed by atoms with Crippen LogP contribution in [-0.2, 0) is 20.7 Å². The van der Waals surface area contributed by atoms with Gasteiger partial charge in [0.2, 0.25) is 0 Å². The zero-order valence-corrected chi connectivity index (χ0v) is 15.4. The first-order valence-electron chi connectivity index (χ1n) is 8.38. The number of anilines is 1. The molecule has 3 aromatic rings. The van der Waals surface area contributed by atoms with E-state index in [9.17, 15) is 19.7 Å². The summed E-state index contributed by atoms with van der Waals surface area (Å²) < 4.78 is 4.97. The number of para-hydroxylation sites is 1. The molecule has 1 aromatic heterocycles. The topological polar surface area (TPSA) is 114 Å². The van der Waals surface area contributed by atoms with Gasteiger partial charge in [-0.25, -0.2) is 0 Å². The SMILES string of the molecule is O=C(COC(=O)CCc1c[nH]c2ccccc12)Nc1ccc(Cl)c([N+](=O)[O-])c1. The second kappa shape index (κ2) is 8.53. The molecular weight excluding hydrogens is 386 g/mol. The van der Waals surface area contributed by atoms with Gasteiger partial charge in [-0.15, -0.1) is 0 Å². The lowest BCUT2D eigenvalue weighted by atomic mass is 10.1. The zero-order valence-electron chi connectivity index (χ0n) is 14.6. The maximum Gasteiger partial charge on any atom is 0.306 e. The fourth-order valence-corrected chi connectivity index (χ4v) is 2.91. The largest absolute Gasteiger partial charge is 0.456 e. The molecule has 2 aromatic carbocycles. The number of fused-ring (bicyclic) bond motifs is 1. The van der Waals surface area contributed by atoms with Crippen LogP contribution < -0.4 is 5.32 Å². The molecule has 1 amide bonds. The lowest BCUT2D eigenvalue weighted by Gasteiger charge is -2.07. The third-order valence-electron chi connectivity index (χ3n) is 4.06. The number of rotatable bonds is 7. The number of ether oxygens (including phenoxy) is 1. The standard InChI is InChI=1S/C19H16ClN3O5/c20-15-7-6-13(9-17(15)23(26)27)22-18(24)11-28-19(25)8-5-12-10-21-16-4-2-1-3-14(12)16/h1-4,6-7,9-10,21H,5,8,11H2,(H,22,24). The Hall–Kier alpha value is -3.39. The normalized spacial score (nSPS) is 10.6. The zero-order chi connectivity index (χ0) is 20.1. The third kappa shape index (κ3) is 4.66. The van der Waals surface area contributed by atoms with Gasteiger partial charge in [-0.05, 0) is 30.2 Å². The quantitative estimate of drug-likeness (QED) is 0.354. The summed E-state index contributed by atoms with van der Waals surface area (Å²) in [7, 11) is 0. The number of carbonyl (C=O) groups is 2. The van der Waals surface area contributed by atoms with Gasteiger partial charge in [0.25, 0.3) is 11.6 Å². The number of nitro groups is 1. The first kappa shape index (κ1) is 19.4. The molecule has 0 radical (unpaired) electrons. The monoisotopic (exact) mass is 401 g/mol. The molecular formula is C19H16ClN3O5. The van der Waals surface area contributed by atoms with Gasteiger partial charge in [0, 0.05) is 35.3 Å². The molecule has 9 heteroatoms. The van der Waals surface area contributed by atoms with Gasteiger partial charge in [-0.2, -0.15) is 0 Å². The summed E-state index contributed by atoms with van der Waals surface area (Å²) >= 11 is 5.72. The summed E-state index contributed by atoms with van der Waals surface area (Å²) in [5.74, 6) is -1.11. The Bertz CT molecular complexity index is 1050. The maximum absolute atomic E-state index is 11.9. The van der Waals surface area contributed by atoms with Crippen LogP contribution >= 0.6 is 11.6 Å². The van der Waals surface area contributed by atoms with E-state index >= 15 is 0 Å². The van der Waals surface area contributed by atoms with Gasteiger partial charge in [-0.3, -0.25) is 19.7 Å². The number of esters is 1. The number of hydrogen-bond acceptors (Lipinski definition) is 5. The van der Waals surface area contributed by atoms with Crippen LogP contribution in [0.4, 0.5) is 11.4 Å². The number of aromatic nitrogens is 1. The predicted octanol–water partition coefficient (Wildman–Crippen LogP) is 3.84. The molecule has 3 rings (SSSR count). The molecule has 0 saturated heterocycles. The smallest absolute Gasteiger partial charge is 0.306 e. The van der Waals surface area contributed by atoms with Crippen molar-refractivity contribution in [3.8, 4) is 0 Å². The van der Waals surface area contributed by atoms with Gasteiger partial charge in [0.15, 0.2) is 6.61 Å². The van der Waals surface area contributed by atoms with E-state index < -0.39 is 23.4 Å². The van der Waals surface area contributed by atoms with Crippen molar-refractivity contribution in [2.45, 2.75) is 12.8 Å². The van der Waals surface area contributed by atoms with Crippen LogP contribution in [0.1, 0.15) is 12.0 Å². The Balaban J connectivity index is 1.48. The van der Waals surface area contributed by atoms with Crippen LogP contribution in [0.2, 0.25) is 5.02 Å². The van der Waals surface area contributed by atoms with Crippen LogP contribution in [0.25, 0.3) is 10.9 Å². The van der Waals surface area contributed by atoms with Crippen molar-refractivity contribution >= 4 is 45.8 Å². The highest BCUT2D eigenvalue weighted by atomic mass is 35.5. The van der Waals surface area contributed by atoms with E-state index in [2.05, 4.69) is 10.3 Å². The van der Waals surface area contributed by atoms with E-state index in [1.54, 1.807) is 0 Å². The molecule has 0 aliphatic rings. The number of halogens is 1. The summed E-state index contributed by atoms with van der Waals surface area (Å²) in [6.07, 6.45) is 2.45. The summed E-state index contributed by atoms with van der Waals surface area (Å²) in [5, 5.41) is 14.3. The molecule has 1 heterocycles. The van der Waals surface area contributed by atoms with E-state index in [-0.39, 0.29) is 22.8 Å². The van der Waals surface area contributed by atoms with Crippen LogP contribution in [0.15, 0.2) is 48.7 Å². The van der Waals surface area contributed by atoms with Gasteiger partial charge < -0.3 is 15.0 Å². The van der Waals surface area contributed by atoms with Crippen LogP contribution in [0, 0.1) is 10.1 Å². The minimum absolute atomic E-state index is 0.0355. The van der Waals surface area contributed by atoms with E-state index in [1.807, 2.05) is 30.5 Å². The number of carbonyl (C=O) groups excluding carboxylic acids is 2. The molecule has 0 aliphatic heterocycles. The van der Waals surface area contributed by atoms with Crippen LogP contribution in [0.5, 0.6) is 0 Å². The first-order chi connectivity index (χ1) is 13.4. The first-order valence-corrected chi connectivity index (χ1v) is 8.76. The average molecular weight is 402 g/mol. The van der Waals surface area contributed by atoms with Gasteiger partial charge >= 0.3 is 5.97 Å². The second-order valence-corrected chi connectivity index (χ2v) is 6.40.